The molecule has 2 amide bonds. The number of amides is 2. The highest BCUT2D eigenvalue weighted by Gasteiger charge is 2.20. The Kier molecular flexibility index (Phi) is 11.1. The summed E-state index contributed by atoms with van der Waals surface area (Å²) in [6.45, 7) is 7.80. The van der Waals surface area contributed by atoms with Crippen LogP contribution in [0.2, 0.25) is 0 Å². The largest absolute Gasteiger partial charge is 0.391 e. The van der Waals surface area contributed by atoms with Crippen molar-refractivity contribution in [2.45, 2.75) is 59.1 Å². The van der Waals surface area contributed by atoms with Crippen molar-refractivity contribution in [3.05, 3.63) is 0 Å². The zero-order valence-electron chi connectivity index (χ0n) is 12.2. The predicted octanol–water partition coefficient (Wildman–Crippen LogP) is 1.22. The van der Waals surface area contributed by atoms with Gasteiger partial charge >= 0.3 is 0 Å². The SMILES string of the molecule is CC(C)CC(=O)NC(=O)C[C@H](O)[C@@H](N)CC(C)C.Cl. The molecule has 0 aromatic carbocycles. The van der Waals surface area contributed by atoms with E-state index in [4.69, 9.17) is 5.73 Å². The van der Waals surface area contributed by atoms with Crippen LogP contribution in [0.25, 0.3) is 0 Å². The van der Waals surface area contributed by atoms with Gasteiger partial charge in [0.05, 0.1) is 12.5 Å². The molecule has 0 radical (unpaired) electrons. The highest BCUT2D eigenvalue weighted by atomic mass is 35.5. The molecule has 0 saturated heterocycles. The number of halogens is 1. The second-order valence-corrected chi connectivity index (χ2v) is 5.63. The lowest BCUT2D eigenvalue weighted by atomic mass is 9.98. The van der Waals surface area contributed by atoms with E-state index in [0.717, 1.165) is 0 Å². The quantitative estimate of drug-likeness (QED) is 0.658. The minimum absolute atomic E-state index is 0. The first-order valence-corrected chi connectivity index (χ1v) is 6.48. The Hall–Kier alpha value is -0.650. The lowest BCUT2D eigenvalue weighted by Crippen LogP contribution is -2.41. The number of carbonyl (C=O) groups is 2. The average Bonchev–Trinajstić information content (AvgIpc) is 2.13. The Morgan fingerprint density at radius 1 is 1.05 bits per heavy atom. The summed E-state index contributed by atoms with van der Waals surface area (Å²) in [5.74, 6) is -0.210. The van der Waals surface area contributed by atoms with E-state index in [1.807, 2.05) is 27.7 Å². The number of hydrogen-bond donors (Lipinski definition) is 3. The number of rotatable bonds is 7. The van der Waals surface area contributed by atoms with Gasteiger partial charge in [-0.2, -0.15) is 0 Å². The number of hydrogen-bond acceptors (Lipinski definition) is 4. The van der Waals surface area contributed by atoms with Crippen molar-refractivity contribution in [2.75, 3.05) is 0 Å². The minimum atomic E-state index is -0.903. The molecule has 19 heavy (non-hydrogen) atoms. The van der Waals surface area contributed by atoms with Crippen LogP contribution in [0.1, 0.15) is 47.0 Å². The molecule has 0 fully saturated rings. The van der Waals surface area contributed by atoms with Gasteiger partial charge in [0, 0.05) is 12.5 Å². The second kappa shape index (κ2) is 10.2. The number of aliphatic hydroxyl groups is 1. The highest BCUT2D eigenvalue weighted by molar-refractivity contribution is 5.95. The Labute approximate surface area is 121 Å². The van der Waals surface area contributed by atoms with Crippen molar-refractivity contribution in [1.29, 1.82) is 0 Å². The first-order chi connectivity index (χ1) is 8.22. The van der Waals surface area contributed by atoms with E-state index in [0.29, 0.717) is 18.8 Å². The van der Waals surface area contributed by atoms with E-state index >= 15 is 0 Å². The third-order valence-electron chi connectivity index (χ3n) is 2.50. The lowest BCUT2D eigenvalue weighted by Gasteiger charge is -2.20. The number of nitrogens with two attached hydrogens (primary N) is 1. The van der Waals surface area contributed by atoms with Gasteiger partial charge in [-0.3, -0.25) is 14.9 Å². The number of aliphatic hydroxyl groups excluding tert-OH is 1. The first kappa shape index (κ1) is 20.7. The molecule has 0 rings (SSSR count). The van der Waals surface area contributed by atoms with Crippen LogP contribution in [0, 0.1) is 11.8 Å². The molecule has 0 heterocycles. The van der Waals surface area contributed by atoms with Gasteiger partial charge in [-0.15, -0.1) is 12.4 Å². The summed E-state index contributed by atoms with van der Waals surface area (Å²) in [6.07, 6.45) is -0.0781. The fourth-order valence-corrected chi connectivity index (χ4v) is 1.67. The van der Waals surface area contributed by atoms with Crippen molar-refractivity contribution in [1.82, 2.24) is 5.32 Å². The van der Waals surface area contributed by atoms with Crippen LogP contribution in [0.5, 0.6) is 0 Å². The van der Waals surface area contributed by atoms with Gasteiger partial charge in [0.15, 0.2) is 0 Å². The minimum Gasteiger partial charge on any atom is -0.391 e. The zero-order valence-corrected chi connectivity index (χ0v) is 13.0. The molecule has 0 aromatic heterocycles. The average molecular weight is 295 g/mol. The van der Waals surface area contributed by atoms with Gasteiger partial charge in [0.1, 0.15) is 0 Å². The van der Waals surface area contributed by atoms with Crippen LogP contribution in [0.4, 0.5) is 0 Å². The first-order valence-electron chi connectivity index (χ1n) is 6.48. The summed E-state index contributed by atoms with van der Waals surface area (Å²) >= 11 is 0. The van der Waals surface area contributed by atoms with Crippen molar-refractivity contribution >= 4 is 24.2 Å². The van der Waals surface area contributed by atoms with E-state index in [1.165, 1.54) is 0 Å². The van der Waals surface area contributed by atoms with E-state index in [-0.39, 0.29) is 30.7 Å². The van der Waals surface area contributed by atoms with Gasteiger partial charge in [-0.1, -0.05) is 27.7 Å². The van der Waals surface area contributed by atoms with Crippen LogP contribution in [-0.2, 0) is 9.59 Å². The topological polar surface area (TPSA) is 92.4 Å². The van der Waals surface area contributed by atoms with Gasteiger partial charge in [-0.05, 0) is 18.3 Å². The zero-order chi connectivity index (χ0) is 14.3. The number of carbonyl (C=O) groups excluding carboxylic acids is 2. The molecule has 0 unspecified atom stereocenters. The highest BCUT2D eigenvalue weighted by Crippen LogP contribution is 2.08. The lowest BCUT2D eigenvalue weighted by molar-refractivity contribution is -0.132. The molecule has 114 valence electrons. The third kappa shape index (κ3) is 10.9. The fraction of sp³-hybridized carbons (Fsp3) is 0.846. The van der Waals surface area contributed by atoms with E-state index in [1.54, 1.807) is 0 Å². The molecule has 6 heteroatoms. The molecule has 0 aromatic rings. The maximum atomic E-state index is 11.5. The Bertz CT molecular complexity index is 283. The maximum absolute atomic E-state index is 11.5. The van der Waals surface area contributed by atoms with Gasteiger partial charge in [0.25, 0.3) is 0 Å². The molecular weight excluding hydrogens is 268 g/mol. The van der Waals surface area contributed by atoms with Crippen LogP contribution in [0.15, 0.2) is 0 Å². The standard InChI is InChI=1S/C13H26N2O3.ClH/c1-8(2)5-10(14)11(16)7-13(18)15-12(17)6-9(3)4;/h8-11,16H,5-7,14H2,1-4H3,(H,15,17,18);1H/t10-,11-;/m0./s1. The van der Waals surface area contributed by atoms with E-state index < -0.39 is 18.1 Å². The summed E-state index contributed by atoms with van der Waals surface area (Å²) < 4.78 is 0. The Morgan fingerprint density at radius 3 is 1.95 bits per heavy atom. The molecule has 0 aliphatic rings. The molecule has 0 saturated carbocycles. The van der Waals surface area contributed by atoms with Crippen LogP contribution >= 0.6 is 12.4 Å². The van der Waals surface area contributed by atoms with Gasteiger partial charge in [-0.25, -0.2) is 0 Å². The monoisotopic (exact) mass is 294 g/mol. The molecule has 0 aliphatic carbocycles. The normalized spacial score (nSPS) is 13.9. The van der Waals surface area contributed by atoms with Crippen LogP contribution in [0.3, 0.4) is 0 Å². The molecular formula is C13H27ClN2O3. The van der Waals surface area contributed by atoms with E-state index in [9.17, 15) is 14.7 Å². The summed E-state index contributed by atoms with van der Waals surface area (Å²) in [4.78, 5) is 22.8. The molecule has 4 N–H and O–H groups in total. The Balaban J connectivity index is 0. The van der Waals surface area contributed by atoms with E-state index in [2.05, 4.69) is 5.32 Å². The summed E-state index contributed by atoms with van der Waals surface area (Å²) in [5, 5.41) is 12.0. The summed E-state index contributed by atoms with van der Waals surface area (Å²) in [7, 11) is 0. The fourth-order valence-electron chi connectivity index (χ4n) is 1.67. The molecule has 0 bridgehead atoms. The Morgan fingerprint density at radius 2 is 1.53 bits per heavy atom. The summed E-state index contributed by atoms with van der Waals surface area (Å²) in [5.41, 5.74) is 5.76. The van der Waals surface area contributed by atoms with Crippen molar-refractivity contribution in [3.8, 4) is 0 Å². The maximum Gasteiger partial charge on any atom is 0.229 e. The number of imide groups is 1. The third-order valence-corrected chi connectivity index (χ3v) is 2.50. The molecule has 2 atom stereocenters. The van der Waals surface area contributed by atoms with Crippen molar-refractivity contribution < 1.29 is 14.7 Å². The van der Waals surface area contributed by atoms with Gasteiger partial charge < -0.3 is 10.8 Å². The van der Waals surface area contributed by atoms with Crippen LogP contribution in [-0.4, -0.2) is 29.1 Å². The number of nitrogens with one attached hydrogen (secondary N) is 1. The smallest absolute Gasteiger partial charge is 0.229 e. The molecule has 5 nitrogen and oxygen atoms in total. The van der Waals surface area contributed by atoms with Gasteiger partial charge in [0.2, 0.25) is 11.8 Å². The van der Waals surface area contributed by atoms with Crippen LogP contribution < -0.4 is 11.1 Å². The molecule has 0 aliphatic heterocycles. The van der Waals surface area contributed by atoms with Crippen molar-refractivity contribution in [3.63, 3.8) is 0 Å². The second-order valence-electron chi connectivity index (χ2n) is 5.63. The van der Waals surface area contributed by atoms with Crippen molar-refractivity contribution in [2.24, 2.45) is 17.6 Å². The predicted molar refractivity (Wildman–Crippen MR) is 77.9 cm³/mol. The summed E-state index contributed by atoms with van der Waals surface area (Å²) in [6, 6.07) is -0.434. The molecule has 0 spiro atoms.